The molecule has 0 spiro atoms. The van der Waals surface area contributed by atoms with E-state index in [4.69, 9.17) is 0 Å². The second-order valence-corrected chi connectivity index (χ2v) is 5.20. The van der Waals surface area contributed by atoms with E-state index in [9.17, 15) is 9.59 Å². The highest BCUT2D eigenvalue weighted by molar-refractivity contribution is 6.03. The third-order valence-electron chi connectivity index (χ3n) is 3.10. The molecule has 0 bridgehead atoms. The number of aryl methyl sites for hydroxylation is 1. The van der Waals surface area contributed by atoms with Crippen LogP contribution in [0.1, 0.15) is 15.9 Å². The van der Waals surface area contributed by atoms with Crippen molar-refractivity contribution in [2.45, 2.75) is 6.92 Å². The van der Waals surface area contributed by atoms with E-state index in [1.54, 1.807) is 38.2 Å². The van der Waals surface area contributed by atoms with Gasteiger partial charge in [0.25, 0.3) is 5.91 Å². The Kier molecular flexibility index (Phi) is 8.52. The Morgan fingerprint density at radius 3 is 2.36 bits per heavy atom. The van der Waals surface area contributed by atoms with Gasteiger partial charge in [0.15, 0.2) is 0 Å². The predicted octanol–water partition coefficient (Wildman–Crippen LogP) is 1.80. The summed E-state index contributed by atoms with van der Waals surface area (Å²) in [6.07, 6.45) is 0. The van der Waals surface area contributed by atoms with Crippen molar-refractivity contribution < 1.29 is 9.59 Å². The first kappa shape index (κ1) is 20.2. The molecule has 0 radical (unpaired) electrons. The molecule has 22 heavy (non-hydrogen) atoms. The summed E-state index contributed by atoms with van der Waals surface area (Å²) in [5, 5.41) is 5.76. The first-order chi connectivity index (χ1) is 9.86. The van der Waals surface area contributed by atoms with E-state index in [1.165, 1.54) is 4.90 Å². The molecule has 0 aliphatic carbocycles. The number of amides is 3. The van der Waals surface area contributed by atoms with Crippen LogP contribution in [0.4, 0.5) is 10.5 Å². The maximum absolute atomic E-state index is 12.5. The molecule has 0 aliphatic heterocycles. The lowest BCUT2D eigenvalue weighted by molar-refractivity contribution is 0.0798. The molecule has 0 aliphatic rings. The number of nitrogens with zero attached hydrogens (tertiary/aromatic N) is 2. The number of hydrogen-bond acceptors (Lipinski definition) is 3. The second-order valence-electron chi connectivity index (χ2n) is 5.20. The molecule has 3 amide bonds. The van der Waals surface area contributed by atoms with E-state index in [0.29, 0.717) is 24.3 Å². The van der Waals surface area contributed by atoms with Gasteiger partial charge < -0.3 is 20.4 Å². The molecule has 0 heterocycles. The highest BCUT2D eigenvalue weighted by Crippen LogP contribution is 2.19. The van der Waals surface area contributed by atoms with Crippen molar-refractivity contribution in [3.05, 3.63) is 29.3 Å². The third kappa shape index (κ3) is 5.54. The molecular formula is C15H25ClN4O2. The van der Waals surface area contributed by atoms with Crippen LogP contribution >= 0.6 is 12.4 Å². The number of halogens is 1. The quantitative estimate of drug-likeness (QED) is 0.866. The van der Waals surface area contributed by atoms with E-state index >= 15 is 0 Å². The number of rotatable bonds is 5. The molecule has 2 N–H and O–H groups in total. The highest BCUT2D eigenvalue weighted by Gasteiger charge is 2.17. The first-order valence-electron chi connectivity index (χ1n) is 6.85. The zero-order chi connectivity index (χ0) is 16.0. The van der Waals surface area contributed by atoms with Gasteiger partial charge in [-0.1, -0.05) is 11.6 Å². The van der Waals surface area contributed by atoms with Crippen LogP contribution in [0, 0.1) is 6.92 Å². The maximum Gasteiger partial charge on any atom is 0.321 e. The number of likely N-dealkylation sites (N-methyl/N-ethyl adjacent to an activating group) is 2. The number of nitrogens with one attached hydrogen (secondary N) is 2. The lowest BCUT2D eigenvalue weighted by atomic mass is 10.1. The van der Waals surface area contributed by atoms with E-state index < -0.39 is 0 Å². The molecule has 0 unspecified atom stereocenters. The number of hydrogen-bond donors (Lipinski definition) is 2. The van der Waals surface area contributed by atoms with Crippen molar-refractivity contribution >= 4 is 30.0 Å². The summed E-state index contributed by atoms with van der Waals surface area (Å²) in [5.41, 5.74) is 2.01. The Morgan fingerprint density at radius 2 is 1.82 bits per heavy atom. The smallest absolute Gasteiger partial charge is 0.321 e. The molecule has 124 valence electrons. The summed E-state index contributed by atoms with van der Waals surface area (Å²) >= 11 is 0. The van der Waals surface area contributed by atoms with E-state index in [1.807, 2.05) is 20.0 Å². The summed E-state index contributed by atoms with van der Waals surface area (Å²) in [4.78, 5) is 27.4. The Hall–Kier alpha value is -1.79. The van der Waals surface area contributed by atoms with Gasteiger partial charge >= 0.3 is 6.03 Å². The first-order valence-corrected chi connectivity index (χ1v) is 6.85. The molecule has 0 aromatic heterocycles. The predicted molar refractivity (Wildman–Crippen MR) is 92.0 cm³/mol. The van der Waals surface area contributed by atoms with Gasteiger partial charge in [0.2, 0.25) is 0 Å². The van der Waals surface area contributed by atoms with Gasteiger partial charge in [-0.15, -0.1) is 12.4 Å². The molecule has 0 fully saturated rings. The molecular weight excluding hydrogens is 304 g/mol. The van der Waals surface area contributed by atoms with Gasteiger partial charge in [0, 0.05) is 34.2 Å². The van der Waals surface area contributed by atoms with Crippen molar-refractivity contribution in [2.24, 2.45) is 0 Å². The van der Waals surface area contributed by atoms with E-state index in [-0.39, 0.29) is 24.3 Å². The fourth-order valence-electron chi connectivity index (χ4n) is 1.76. The number of urea groups is 1. The minimum Gasteiger partial charge on any atom is -0.340 e. The van der Waals surface area contributed by atoms with E-state index in [2.05, 4.69) is 10.6 Å². The fraction of sp³-hybridized carbons (Fsp3) is 0.467. The minimum atomic E-state index is -0.259. The average Bonchev–Trinajstić information content (AvgIpc) is 2.45. The minimum absolute atomic E-state index is 0. The molecule has 1 aromatic rings. The monoisotopic (exact) mass is 328 g/mol. The molecule has 6 nitrogen and oxygen atoms in total. The Morgan fingerprint density at radius 1 is 1.18 bits per heavy atom. The topological polar surface area (TPSA) is 64.7 Å². The van der Waals surface area contributed by atoms with Crippen molar-refractivity contribution in [1.82, 2.24) is 15.1 Å². The van der Waals surface area contributed by atoms with Crippen LogP contribution in [0.2, 0.25) is 0 Å². The van der Waals surface area contributed by atoms with Crippen molar-refractivity contribution in [1.29, 1.82) is 0 Å². The van der Waals surface area contributed by atoms with Crippen LogP contribution in [-0.4, -0.2) is 63.0 Å². The lowest BCUT2D eigenvalue weighted by Crippen LogP contribution is -2.34. The number of carbonyl (C=O) groups excluding carboxylic acids is 2. The fourth-order valence-corrected chi connectivity index (χ4v) is 1.76. The van der Waals surface area contributed by atoms with Crippen LogP contribution < -0.4 is 10.6 Å². The van der Waals surface area contributed by atoms with Crippen LogP contribution in [-0.2, 0) is 0 Å². The van der Waals surface area contributed by atoms with Gasteiger partial charge in [-0.25, -0.2) is 4.79 Å². The van der Waals surface area contributed by atoms with Crippen molar-refractivity contribution in [3.63, 3.8) is 0 Å². The average molecular weight is 329 g/mol. The van der Waals surface area contributed by atoms with Gasteiger partial charge in [-0.2, -0.15) is 0 Å². The summed E-state index contributed by atoms with van der Waals surface area (Å²) in [6, 6.07) is 5.17. The van der Waals surface area contributed by atoms with Gasteiger partial charge in [-0.05, 0) is 26.1 Å². The SMILES string of the molecule is CNCCN(C)C(=O)c1cc(C)ccc1NC(=O)N(C)C.Cl. The maximum atomic E-state index is 12.5. The highest BCUT2D eigenvalue weighted by atomic mass is 35.5. The van der Waals surface area contributed by atoms with Gasteiger partial charge in [-0.3, -0.25) is 4.79 Å². The van der Waals surface area contributed by atoms with Crippen LogP contribution in [0.25, 0.3) is 0 Å². The number of benzene rings is 1. The molecule has 0 atom stereocenters. The summed E-state index contributed by atoms with van der Waals surface area (Å²) < 4.78 is 0. The Bertz CT molecular complexity index is 520. The summed E-state index contributed by atoms with van der Waals surface area (Å²) in [5.74, 6) is -0.108. The van der Waals surface area contributed by atoms with Gasteiger partial charge in [0.1, 0.15) is 0 Å². The summed E-state index contributed by atoms with van der Waals surface area (Å²) in [7, 11) is 6.90. The summed E-state index contributed by atoms with van der Waals surface area (Å²) in [6.45, 7) is 3.24. The number of anilines is 1. The zero-order valence-electron chi connectivity index (χ0n) is 13.8. The van der Waals surface area contributed by atoms with Gasteiger partial charge in [0.05, 0.1) is 11.3 Å². The van der Waals surface area contributed by atoms with E-state index in [0.717, 1.165) is 5.56 Å². The molecule has 0 saturated heterocycles. The van der Waals surface area contributed by atoms with Crippen molar-refractivity contribution in [2.75, 3.05) is 46.6 Å². The molecule has 7 heteroatoms. The Balaban J connectivity index is 0.00000441. The Labute approximate surface area is 138 Å². The van der Waals surface area contributed by atoms with Crippen LogP contribution in [0.15, 0.2) is 18.2 Å². The molecule has 0 saturated carbocycles. The molecule has 1 rings (SSSR count). The standard InChI is InChI=1S/C15H24N4O2.ClH/c1-11-6-7-13(17-15(21)18(3)4)12(10-11)14(20)19(5)9-8-16-2;/h6-7,10,16H,8-9H2,1-5H3,(H,17,21);1H. The normalized spacial score (nSPS) is 9.68. The largest absolute Gasteiger partial charge is 0.340 e. The van der Waals surface area contributed by atoms with Crippen LogP contribution in [0.5, 0.6) is 0 Å². The van der Waals surface area contributed by atoms with Crippen LogP contribution in [0.3, 0.4) is 0 Å². The third-order valence-corrected chi connectivity index (χ3v) is 3.10. The van der Waals surface area contributed by atoms with Crippen molar-refractivity contribution in [3.8, 4) is 0 Å². The number of carbonyl (C=O) groups is 2. The zero-order valence-corrected chi connectivity index (χ0v) is 14.6. The molecule has 1 aromatic carbocycles. The second kappa shape index (κ2) is 9.27. The lowest BCUT2D eigenvalue weighted by Gasteiger charge is -2.20.